The first-order valence-corrected chi connectivity index (χ1v) is 9.75. The number of aromatic nitrogens is 2. The fourth-order valence-corrected chi connectivity index (χ4v) is 3.46. The summed E-state index contributed by atoms with van der Waals surface area (Å²) in [5, 5.41) is 9.24. The molecule has 2 amide bonds. The lowest BCUT2D eigenvalue weighted by molar-refractivity contribution is -0.117. The average molecular weight is 431 g/mol. The Morgan fingerprint density at radius 3 is 2.38 bits per heavy atom. The van der Waals surface area contributed by atoms with Gasteiger partial charge in [-0.2, -0.15) is 0 Å². The van der Waals surface area contributed by atoms with Crippen molar-refractivity contribution in [2.45, 2.75) is 16.3 Å². The molecule has 1 aromatic heterocycles. The minimum atomic E-state index is -0.553. The lowest BCUT2D eigenvalue weighted by Crippen LogP contribution is -2.34. The largest absolute Gasteiger partial charge is 0.370 e. The zero-order chi connectivity index (χ0) is 20.8. The van der Waals surface area contributed by atoms with Gasteiger partial charge < -0.3 is 10.6 Å². The number of amides is 2. The summed E-state index contributed by atoms with van der Waals surface area (Å²) < 4.78 is 13.2. The molecule has 0 fully saturated rings. The van der Waals surface area contributed by atoms with Crippen molar-refractivity contribution in [3.8, 4) is 0 Å². The van der Waals surface area contributed by atoms with Crippen LogP contribution in [0.15, 0.2) is 70.6 Å². The third-order valence-electron chi connectivity index (χ3n) is 3.88. The lowest BCUT2D eigenvalue weighted by atomic mass is 10.2. The summed E-state index contributed by atoms with van der Waals surface area (Å²) in [4.78, 5) is 26.2. The average Bonchev–Trinajstić information content (AvgIpc) is 2.71. The first-order valence-electron chi connectivity index (χ1n) is 8.56. The molecule has 3 rings (SSSR count). The van der Waals surface area contributed by atoms with Crippen LogP contribution in [0.1, 0.15) is 16.9 Å². The zero-order valence-electron chi connectivity index (χ0n) is 15.1. The maximum atomic E-state index is 13.2. The number of nitrogens with zero attached hydrogens (tertiary/aromatic N) is 3. The van der Waals surface area contributed by atoms with Gasteiger partial charge in [-0.05, 0) is 48.5 Å². The first kappa shape index (κ1) is 20.8. The van der Waals surface area contributed by atoms with E-state index in [9.17, 15) is 14.0 Å². The maximum absolute atomic E-state index is 13.2. The predicted octanol–water partition coefficient (Wildman–Crippen LogP) is 3.94. The minimum absolute atomic E-state index is 0.0393. The molecule has 0 radical (unpaired) electrons. The van der Waals surface area contributed by atoms with E-state index in [4.69, 9.17) is 17.3 Å². The molecule has 2 N–H and O–H groups in total. The van der Waals surface area contributed by atoms with E-state index >= 15 is 0 Å². The third-order valence-corrected chi connectivity index (χ3v) is 5.32. The normalized spacial score (nSPS) is 10.6. The Morgan fingerprint density at radius 1 is 1.03 bits per heavy atom. The molecule has 2 aromatic carbocycles. The van der Waals surface area contributed by atoms with Crippen molar-refractivity contribution in [2.75, 3.05) is 11.4 Å². The van der Waals surface area contributed by atoms with Gasteiger partial charge in [-0.25, -0.2) is 4.39 Å². The van der Waals surface area contributed by atoms with Crippen LogP contribution in [0.5, 0.6) is 0 Å². The molecule has 9 heteroatoms. The van der Waals surface area contributed by atoms with Crippen LogP contribution in [0.3, 0.4) is 0 Å². The molecule has 0 aliphatic carbocycles. The van der Waals surface area contributed by atoms with Crippen molar-refractivity contribution in [2.24, 2.45) is 5.73 Å². The SMILES string of the molecule is NC(=O)CCN(C(=O)c1ccc(Sc2ccccc2Cl)nn1)c1ccc(F)cc1. The molecule has 0 aliphatic heterocycles. The minimum Gasteiger partial charge on any atom is -0.370 e. The summed E-state index contributed by atoms with van der Waals surface area (Å²) in [6, 6.07) is 15.9. The molecular formula is C20H16ClFN4O2S. The molecule has 0 saturated carbocycles. The number of benzene rings is 2. The van der Waals surface area contributed by atoms with Gasteiger partial charge in [0.1, 0.15) is 10.8 Å². The van der Waals surface area contributed by atoms with Crippen molar-refractivity contribution in [1.82, 2.24) is 10.2 Å². The molecule has 0 atom stereocenters. The fourth-order valence-electron chi connectivity index (χ4n) is 2.46. The number of anilines is 1. The quantitative estimate of drug-likeness (QED) is 0.613. The summed E-state index contributed by atoms with van der Waals surface area (Å²) in [5.74, 6) is -1.46. The Kier molecular flexibility index (Phi) is 6.79. The maximum Gasteiger partial charge on any atom is 0.278 e. The Morgan fingerprint density at radius 2 is 1.76 bits per heavy atom. The predicted molar refractivity (Wildman–Crippen MR) is 109 cm³/mol. The van der Waals surface area contributed by atoms with Gasteiger partial charge in [-0.15, -0.1) is 10.2 Å². The molecule has 0 bridgehead atoms. The van der Waals surface area contributed by atoms with E-state index in [-0.39, 0.29) is 18.7 Å². The molecular weight excluding hydrogens is 415 g/mol. The second-order valence-corrected chi connectivity index (χ2v) is 7.41. The van der Waals surface area contributed by atoms with E-state index in [1.807, 2.05) is 18.2 Å². The smallest absolute Gasteiger partial charge is 0.278 e. The van der Waals surface area contributed by atoms with Crippen molar-refractivity contribution in [3.63, 3.8) is 0 Å². The van der Waals surface area contributed by atoms with Crippen LogP contribution < -0.4 is 10.6 Å². The first-order chi connectivity index (χ1) is 13.9. The monoisotopic (exact) mass is 430 g/mol. The van der Waals surface area contributed by atoms with Crippen LogP contribution in [-0.4, -0.2) is 28.6 Å². The molecule has 0 spiro atoms. The highest BCUT2D eigenvalue weighted by molar-refractivity contribution is 7.99. The van der Waals surface area contributed by atoms with Gasteiger partial charge in [0.15, 0.2) is 5.69 Å². The number of nitrogens with two attached hydrogens (primary N) is 1. The summed E-state index contributed by atoms with van der Waals surface area (Å²) in [6.07, 6.45) is -0.0447. The topological polar surface area (TPSA) is 89.2 Å². The number of hydrogen-bond acceptors (Lipinski definition) is 5. The van der Waals surface area contributed by atoms with Gasteiger partial charge in [0.05, 0.1) is 5.02 Å². The van der Waals surface area contributed by atoms with Gasteiger partial charge >= 0.3 is 0 Å². The van der Waals surface area contributed by atoms with E-state index in [2.05, 4.69) is 10.2 Å². The van der Waals surface area contributed by atoms with E-state index in [1.54, 1.807) is 12.1 Å². The zero-order valence-corrected chi connectivity index (χ0v) is 16.7. The van der Waals surface area contributed by atoms with Crippen molar-refractivity contribution in [1.29, 1.82) is 0 Å². The van der Waals surface area contributed by atoms with Crippen LogP contribution in [0, 0.1) is 5.82 Å². The Bertz CT molecular complexity index is 1020. The molecule has 0 aliphatic rings. The van der Waals surface area contributed by atoms with Crippen molar-refractivity contribution in [3.05, 3.63) is 77.2 Å². The highest BCUT2D eigenvalue weighted by Crippen LogP contribution is 2.31. The van der Waals surface area contributed by atoms with E-state index < -0.39 is 17.6 Å². The lowest BCUT2D eigenvalue weighted by Gasteiger charge is -2.21. The van der Waals surface area contributed by atoms with Crippen LogP contribution in [0.25, 0.3) is 0 Å². The molecule has 1 heterocycles. The van der Waals surface area contributed by atoms with Gasteiger partial charge in [0.2, 0.25) is 5.91 Å². The van der Waals surface area contributed by atoms with Gasteiger partial charge in [0.25, 0.3) is 5.91 Å². The Labute approximate surface area is 175 Å². The number of halogens is 2. The van der Waals surface area contributed by atoms with Gasteiger partial charge in [-0.1, -0.05) is 35.5 Å². The van der Waals surface area contributed by atoms with E-state index in [0.717, 1.165) is 4.90 Å². The van der Waals surface area contributed by atoms with Crippen LogP contribution in [-0.2, 0) is 4.79 Å². The molecule has 3 aromatic rings. The standard InChI is InChI=1S/C20H16ClFN4O2S/c21-15-3-1-2-4-17(15)29-19-10-9-16(24-25-19)20(28)26(12-11-18(23)27)14-7-5-13(22)6-8-14/h1-10H,11-12H2,(H2,23,27). The Hall–Kier alpha value is -2.97. The number of carbonyl (C=O) groups is 2. The highest BCUT2D eigenvalue weighted by atomic mass is 35.5. The number of carbonyl (C=O) groups excluding carboxylic acids is 2. The fraction of sp³-hybridized carbons (Fsp3) is 0.100. The van der Waals surface area contributed by atoms with Crippen LogP contribution >= 0.6 is 23.4 Å². The van der Waals surface area contributed by atoms with Crippen LogP contribution in [0.2, 0.25) is 5.02 Å². The second-order valence-electron chi connectivity index (χ2n) is 5.94. The molecule has 0 unspecified atom stereocenters. The Balaban J connectivity index is 1.80. The van der Waals surface area contributed by atoms with Crippen molar-refractivity contribution < 1.29 is 14.0 Å². The summed E-state index contributed by atoms with van der Waals surface area (Å²) in [6.45, 7) is 0.0393. The number of hydrogen-bond donors (Lipinski definition) is 1. The number of primary amides is 1. The van der Waals surface area contributed by atoms with E-state index in [0.29, 0.717) is 15.7 Å². The highest BCUT2D eigenvalue weighted by Gasteiger charge is 2.20. The summed E-state index contributed by atoms with van der Waals surface area (Å²) >= 11 is 7.46. The number of rotatable bonds is 7. The molecule has 6 nitrogen and oxygen atoms in total. The molecule has 148 valence electrons. The third kappa shape index (κ3) is 5.52. The van der Waals surface area contributed by atoms with E-state index in [1.165, 1.54) is 47.0 Å². The van der Waals surface area contributed by atoms with Gasteiger partial charge in [-0.3, -0.25) is 9.59 Å². The molecule has 0 saturated heterocycles. The van der Waals surface area contributed by atoms with Crippen molar-refractivity contribution >= 4 is 40.9 Å². The van der Waals surface area contributed by atoms with Gasteiger partial charge in [0, 0.05) is 23.5 Å². The second kappa shape index (κ2) is 9.49. The molecule has 29 heavy (non-hydrogen) atoms. The summed E-state index contributed by atoms with van der Waals surface area (Å²) in [5.41, 5.74) is 5.72. The van der Waals surface area contributed by atoms with Crippen LogP contribution in [0.4, 0.5) is 10.1 Å². The summed E-state index contributed by atoms with van der Waals surface area (Å²) in [7, 11) is 0.